The van der Waals surface area contributed by atoms with Gasteiger partial charge in [0, 0.05) is 19.6 Å². The van der Waals surface area contributed by atoms with E-state index in [9.17, 15) is 14.7 Å². The zero-order valence-corrected chi connectivity index (χ0v) is 10.3. The van der Waals surface area contributed by atoms with Gasteiger partial charge in [0.15, 0.2) is 0 Å². The van der Waals surface area contributed by atoms with E-state index in [2.05, 4.69) is 5.32 Å². The molecule has 2 aliphatic rings. The number of carboxylic acids is 1. The number of nitrogens with zero attached hydrogens (tertiary/aromatic N) is 1. The smallest absolute Gasteiger partial charge is 0.326 e. The van der Waals surface area contributed by atoms with Crippen molar-refractivity contribution in [2.24, 2.45) is 0 Å². The van der Waals surface area contributed by atoms with Gasteiger partial charge in [-0.15, -0.1) is 0 Å². The van der Waals surface area contributed by atoms with Gasteiger partial charge in [-0.2, -0.15) is 0 Å². The van der Waals surface area contributed by atoms with Crippen LogP contribution in [0.3, 0.4) is 0 Å². The molecule has 0 aromatic carbocycles. The molecule has 0 spiro atoms. The van der Waals surface area contributed by atoms with E-state index in [4.69, 9.17) is 9.84 Å². The van der Waals surface area contributed by atoms with Crippen molar-refractivity contribution < 1.29 is 24.5 Å². The molecule has 0 bridgehead atoms. The third-order valence-corrected chi connectivity index (χ3v) is 3.45. The van der Waals surface area contributed by atoms with Crippen LogP contribution in [0.2, 0.25) is 0 Å². The molecule has 18 heavy (non-hydrogen) atoms. The van der Waals surface area contributed by atoms with Gasteiger partial charge in [0.1, 0.15) is 6.04 Å². The van der Waals surface area contributed by atoms with E-state index < -0.39 is 29.7 Å². The van der Waals surface area contributed by atoms with Gasteiger partial charge in [0.05, 0.1) is 18.2 Å². The van der Waals surface area contributed by atoms with Crippen LogP contribution in [-0.2, 0) is 9.53 Å². The fourth-order valence-corrected chi connectivity index (χ4v) is 2.37. The number of carbonyl (C=O) groups excluding carboxylic acids is 1. The van der Waals surface area contributed by atoms with Gasteiger partial charge in [-0.3, -0.25) is 0 Å². The summed E-state index contributed by atoms with van der Waals surface area (Å²) in [7, 11) is 0. The maximum atomic E-state index is 12.1. The van der Waals surface area contributed by atoms with Crippen molar-refractivity contribution in [2.75, 3.05) is 19.8 Å². The minimum absolute atomic E-state index is 0.0553. The molecule has 102 valence electrons. The highest BCUT2D eigenvalue weighted by Crippen LogP contribution is 2.22. The first-order valence-corrected chi connectivity index (χ1v) is 5.99. The molecule has 0 aliphatic carbocycles. The number of aliphatic carboxylic acids is 1. The maximum Gasteiger partial charge on any atom is 0.326 e. The summed E-state index contributed by atoms with van der Waals surface area (Å²) in [5, 5.41) is 21.3. The van der Waals surface area contributed by atoms with Gasteiger partial charge in [0.2, 0.25) is 0 Å². The molecule has 0 aromatic heterocycles. The van der Waals surface area contributed by atoms with Crippen LogP contribution in [-0.4, -0.2) is 64.6 Å². The number of amides is 2. The van der Waals surface area contributed by atoms with Gasteiger partial charge >= 0.3 is 12.0 Å². The van der Waals surface area contributed by atoms with Crippen molar-refractivity contribution in [1.29, 1.82) is 0 Å². The number of aliphatic hydroxyl groups excluding tert-OH is 1. The summed E-state index contributed by atoms with van der Waals surface area (Å²) in [4.78, 5) is 24.3. The number of carbonyl (C=O) groups is 2. The average Bonchev–Trinajstić information content (AvgIpc) is 2.85. The lowest BCUT2D eigenvalue weighted by atomic mass is 10.0. The molecular formula is C11H18N2O5. The molecule has 7 heteroatoms. The Morgan fingerprint density at radius 3 is 2.78 bits per heavy atom. The Labute approximate surface area is 105 Å². The second-order valence-electron chi connectivity index (χ2n) is 5.19. The number of β-amino-alcohol motifs (C(OH)–C–C–N with tert-alkyl or cyclic N) is 1. The third kappa shape index (κ3) is 2.56. The highest BCUT2D eigenvalue weighted by atomic mass is 16.5. The van der Waals surface area contributed by atoms with E-state index in [0.29, 0.717) is 19.6 Å². The van der Waals surface area contributed by atoms with E-state index in [1.165, 1.54) is 4.90 Å². The van der Waals surface area contributed by atoms with E-state index in [1.807, 2.05) is 6.92 Å². The zero-order valence-electron chi connectivity index (χ0n) is 10.3. The number of hydrogen-bond donors (Lipinski definition) is 3. The van der Waals surface area contributed by atoms with Crippen molar-refractivity contribution in [3.05, 3.63) is 0 Å². The van der Waals surface area contributed by atoms with Crippen LogP contribution in [0.15, 0.2) is 0 Å². The number of hydrogen-bond acceptors (Lipinski definition) is 4. The van der Waals surface area contributed by atoms with Gasteiger partial charge in [-0.05, 0) is 13.3 Å². The molecule has 7 nitrogen and oxygen atoms in total. The van der Waals surface area contributed by atoms with E-state index in [1.54, 1.807) is 0 Å². The lowest BCUT2D eigenvalue weighted by Crippen LogP contribution is -2.54. The van der Waals surface area contributed by atoms with Gasteiger partial charge in [-0.1, -0.05) is 0 Å². The highest BCUT2D eigenvalue weighted by Gasteiger charge is 2.41. The fraction of sp³-hybridized carbons (Fsp3) is 0.818. The lowest BCUT2D eigenvalue weighted by Gasteiger charge is -2.29. The maximum absolute atomic E-state index is 12.1. The Morgan fingerprint density at radius 2 is 2.22 bits per heavy atom. The molecule has 2 fully saturated rings. The second kappa shape index (κ2) is 4.74. The van der Waals surface area contributed by atoms with Crippen molar-refractivity contribution in [3.63, 3.8) is 0 Å². The largest absolute Gasteiger partial charge is 0.480 e. The van der Waals surface area contributed by atoms with Crippen LogP contribution in [0.5, 0.6) is 0 Å². The third-order valence-electron chi connectivity index (χ3n) is 3.45. The van der Waals surface area contributed by atoms with Crippen molar-refractivity contribution in [3.8, 4) is 0 Å². The van der Waals surface area contributed by atoms with Crippen LogP contribution in [0.1, 0.15) is 19.8 Å². The zero-order chi connectivity index (χ0) is 13.3. The SMILES string of the molecule is CC1(NC(=O)N2C[C@H](O)C[C@H]2C(=O)O)CCOC1. The molecule has 2 heterocycles. The molecule has 3 N–H and O–H groups in total. The molecule has 0 saturated carbocycles. The summed E-state index contributed by atoms with van der Waals surface area (Å²) in [6.45, 7) is 2.93. The lowest BCUT2D eigenvalue weighted by molar-refractivity contribution is -0.141. The fourth-order valence-electron chi connectivity index (χ4n) is 2.37. The number of urea groups is 1. The predicted molar refractivity (Wildman–Crippen MR) is 61.1 cm³/mol. The Morgan fingerprint density at radius 1 is 1.50 bits per heavy atom. The molecule has 1 unspecified atom stereocenters. The first-order valence-electron chi connectivity index (χ1n) is 5.99. The van der Waals surface area contributed by atoms with Crippen LogP contribution in [0.25, 0.3) is 0 Å². The van der Waals surface area contributed by atoms with Crippen LogP contribution >= 0.6 is 0 Å². The van der Waals surface area contributed by atoms with E-state index in [0.717, 1.165) is 0 Å². The van der Waals surface area contributed by atoms with Crippen LogP contribution in [0.4, 0.5) is 4.79 Å². The van der Waals surface area contributed by atoms with Crippen molar-refractivity contribution >= 4 is 12.0 Å². The first-order chi connectivity index (χ1) is 8.41. The summed E-state index contributed by atoms with van der Waals surface area (Å²) >= 11 is 0. The first kappa shape index (κ1) is 13.1. The normalized spacial score (nSPS) is 35.8. The van der Waals surface area contributed by atoms with Gasteiger partial charge < -0.3 is 25.2 Å². The van der Waals surface area contributed by atoms with E-state index in [-0.39, 0.29) is 13.0 Å². The van der Waals surface area contributed by atoms with Gasteiger partial charge in [0.25, 0.3) is 0 Å². The molecular weight excluding hydrogens is 240 g/mol. The molecule has 2 aliphatic heterocycles. The predicted octanol–water partition coefficient (Wildman–Crippen LogP) is -0.605. The number of ether oxygens (including phenoxy) is 1. The number of carboxylic acid groups (broad SMARTS) is 1. The number of rotatable bonds is 2. The highest BCUT2D eigenvalue weighted by molar-refractivity contribution is 5.83. The van der Waals surface area contributed by atoms with Crippen molar-refractivity contribution in [1.82, 2.24) is 10.2 Å². The Kier molecular flexibility index (Phi) is 3.45. The second-order valence-corrected chi connectivity index (χ2v) is 5.19. The minimum atomic E-state index is -1.09. The molecule has 0 radical (unpaired) electrons. The van der Waals surface area contributed by atoms with Gasteiger partial charge in [-0.25, -0.2) is 9.59 Å². The van der Waals surface area contributed by atoms with Crippen molar-refractivity contribution in [2.45, 2.75) is 37.5 Å². The summed E-state index contributed by atoms with van der Waals surface area (Å²) < 4.78 is 5.22. The molecule has 2 saturated heterocycles. The quantitative estimate of drug-likeness (QED) is 0.614. The number of likely N-dealkylation sites (tertiary alicyclic amines) is 1. The molecule has 3 atom stereocenters. The van der Waals surface area contributed by atoms with E-state index >= 15 is 0 Å². The average molecular weight is 258 g/mol. The number of nitrogens with one attached hydrogen (secondary N) is 1. The molecule has 2 amide bonds. The summed E-state index contributed by atoms with van der Waals surface area (Å²) in [5.74, 6) is -1.09. The summed E-state index contributed by atoms with van der Waals surface area (Å²) in [5.41, 5.74) is -0.451. The number of aliphatic hydroxyl groups is 1. The topological polar surface area (TPSA) is 99.1 Å². The standard InChI is InChI=1S/C11H18N2O5/c1-11(2-3-18-6-11)12-10(17)13-5-7(14)4-8(13)9(15)16/h7-8,14H,2-6H2,1H3,(H,12,17)(H,15,16)/t7-,8+,11?/m1/s1. The Hall–Kier alpha value is -1.34. The molecule has 2 rings (SSSR count). The summed E-state index contributed by atoms with van der Waals surface area (Å²) in [6, 6.07) is -1.40. The monoisotopic (exact) mass is 258 g/mol. The minimum Gasteiger partial charge on any atom is -0.480 e. The van der Waals surface area contributed by atoms with Crippen LogP contribution < -0.4 is 5.32 Å². The molecule has 0 aromatic rings. The van der Waals surface area contributed by atoms with Crippen LogP contribution in [0, 0.1) is 0 Å². The Balaban J connectivity index is 2.01. The summed E-state index contributed by atoms with van der Waals surface area (Å²) in [6.07, 6.45) is 0.00697. The Bertz CT molecular complexity index is 353.